The molecule has 2 aromatic carbocycles. The molecule has 0 unspecified atom stereocenters. The molecule has 27 heavy (non-hydrogen) atoms. The Morgan fingerprint density at radius 3 is 2.52 bits per heavy atom. The van der Waals surface area contributed by atoms with Crippen molar-refractivity contribution in [2.75, 3.05) is 14.2 Å². The monoisotopic (exact) mass is 386 g/mol. The van der Waals surface area contributed by atoms with Gasteiger partial charge in [-0.2, -0.15) is 0 Å². The molecule has 0 saturated carbocycles. The van der Waals surface area contributed by atoms with E-state index < -0.39 is 0 Å². The van der Waals surface area contributed by atoms with Gasteiger partial charge in [-0.15, -0.1) is 5.10 Å². The number of amides is 1. The van der Waals surface area contributed by atoms with Crippen molar-refractivity contribution in [2.45, 2.75) is 13.1 Å². The van der Waals surface area contributed by atoms with Crippen LogP contribution in [0, 0.1) is 0 Å². The smallest absolute Gasteiger partial charge is 0.273 e. The van der Waals surface area contributed by atoms with Crippen LogP contribution in [0.2, 0.25) is 5.02 Å². The number of methoxy groups -OCH3 is 2. The number of hydrogen-bond acceptors (Lipinski definition) is 5. The van der Waals surface area contributed by atoms with E-state index in [-0.39, 0.29) is 11.6 Å². The third kappa shape index (κ3) is 4.98. The van der Waals surface area contributed by atoms with Crippen LogP contribution < -0.4 is 14.8 Å². The van der Waals surface area contributed by atoms with Crippen LogP contribution in [0.5, 0.6) is 11.5 Å². The molecule has 0 atom stereocenters. The number of nitrogens with one attached hydrogen (secondary N) is 1. The highest BCUT2D eigenvalue weighted by molar-refractivity contribution is 6.30. The van der Waals surface area contributed by atoms with Crippen molar-refractivity contribution in [3.63, 3.8) is 0 Å². The first-order valence-electron chi connectivity index (χ1n) is 8.22. The van der Waals surface area contributed by atoms with Gasteiger partial charge in [0.25, 0.3) is 5.91 Å². The Hall–Kier alpha value is -3.06. The molecule has 1 amide bonds. The number of carbonyl (C=O) groups excluding carboxylic acids is 1. The Labute approximate surface area is 161 Å². The maximum Gasteiger partial charge on any atom is 0.273 e. The van der Waals surface area contributed by atoms with Crippen LogP contribution in [0.3, 0.4) is 0 Å². The Morgan fingerprint density at radius 1 is 1.11 bits per heavy atom. The number of nitrogens with zero attached hydrogens (tertiary/aromatic N) is 3. The molecule has 3 aromatic rings. The molecule has 0 aliphatic carbocycles. The molecular weight excluding hydrogens is 368 g/mol. The van der Waals surface area contributed by atoms with E-state index in [2.05, 4.69) is 15.6 Å². The van der Waals surface area contributed by atoms with E-state index in [1.807, 2.05) is 30.3 Å². The lowest BCUT2D eigenvalue weighted by atomic mass is 10.2. The van der Waals surface area contributed by atoms with Crippen molar-refractivity contribution < 1.29 is 14.3 Å². The number of halogens is 1. The summed E-state index contributed by atoms with van der Waals surface area (Å²) in [6.07, 6.45) is 1.60. The zero-order chi connectivity index (χ0) is 19.2. The van der Waals surface area contributed by atoms with E-state index in [9.17, 15) is 4.79 Å². The van der Waals surface area contributed by atoms with E-state index in [0.717, 1.165) is 11.1 Å². The van der Waals surface area contributed by atoms with Crippen LogP contribution in [0.25, 0.3) is 0 Å². The Kier molecular flexibility index (Phi) is 5.93. The molecule has 1 aromatic heterocycles. The molecule has 3 rings (SSSR count). The zero-order valence-corrected chi connectivity index (χ0v) is 15.7. The van der Waals surface area contributed by atoms with Crippen LogP contribution >= 0.6 is 11.6 Å². The van der Waals surface area contributed by atoms with E-state index in [0.29, 0.717) is 29.6 Å². The van der Waals surface area contributed by atoms with Gasteiger partial charge in [0.05, 0.1) is 27.0 Å². The number of rotatable bonds is 7. The van der Waals surface area contributed by atoms with Crippen molar-refractivity contribution in [2.24, 2.45) is 0 Å². The molecule has 1 heterocycles. The Morgan fingerprint density at radius 2 is 1.85 bits per heavy atom. The number of aromatic nitrogens is 3. The Balaban J connectivity index is 1.63. The van der Waals surface area contributed by atoms with Crippen molar-refractivity contribution in [3.05, 3.63) is 70.5 Å². The summed E-state index contributed by atoms with van der Waals surface area (Å²) in [5.41, 5.74) is 2.07. The minimum absolute atomic E-state index is 0.242. The highest BCUT2D eigenvalue weighted by Gasteiger charge is 2.11. The van der Waals surface area contributed by atoms with Gasteiger partial charge in [0, 0.05) is 17.6 Å². The summed E-state index contributed by atoms with van der Waals surface area (Å²) in [7, 11) is 3.16. The standard InChI is InChI=1S/C19H19ClN4O3/c1-26-16-7-14(8-17(9-16)27-2)10-21-19(25)18-12-24(23-22-18)11-13-4-3-5-15(20)6-13/h3-9,12H,10-11H2,1-2H3,(H,21,25). The van der Waals surface area contributed by atoms with Gasteiger partial charge in [0.2, 0.25) is 0 Å². The maximum atomic E-state index is 12.3. The molecule has 1 N–H and O–H groups in total. The van der Waals surface area contributed by atoms with Gasteiger partial charge in [0.1, 0.15) is 11.5 Å². The van der Waals surface area contributed by atoms with E-state index in [1.54, 1.807) is 37.2 Å². The molecule has 0 spiro atoms. The fourth-order valence-electron chi connectivity index (χ4n) is 2.54. The van der Waals surface area contributed by atoms with Crippen LogP contribution in [0.4, 0.5) is 0 Å². The van der Waals surface area contributed by atoms with E-state index >= 15 is 0 Å². The Bertz CT molecular complexity index is 920. The highest BCUT2D eigenvalue weighted by Crippen LogP contribution is 2.22. The average molecular weight is 387 g/mol. The second-order valence-electron chi connectivity index (χ2n) is 5.83. The lowest BCUT2D eigenvalue weighted by Crippen LogP contribution is -2.23. The first kappa shape index (κ1) is 18.7. The minimum Gasteiger partial charge on any atom is -0.497 e. The normalized spacial score (nSPS) is 10.5. The molecule has 0 saturated heterocycles. The second-order valence-corrected chi connectivity index (χ2v) is 6.27. The molecule has 0 aliphatic rings. The molecule has 0 radical (unpaired) electrons. The van der Waals surface area contributed by atoms with Crippen molar-refractivity contribution in [1.29, 1.82) is 0 Å². The second kappa shape index (κ2) is 8.55. The van der Waals surface area contributed by atoms with Crippen LogP contribution in [-0.2, 0) is 13.1 Å². The van der Waals surface area contributed by atoms with Gasteiger partial charge in [0.15, 0.2) is 5.69 Å². The van der Waals surface area contributed by atoms with Crippen LogP contribution in [-0.4, -0.2) is 35.1 Å². The summed E-state index contributed by atoms with van der Waals surface area (Å²) >= 11 is 5.98. The molecular formula is C19H19ClN4O3. The third-order valence-electron chi connectivity index (χ3n) is 3.87. The molecule has 8 heteroatoms. The van der Waals surface area contributed by atoms with Gasteiger partial charge in [-0.3, -0.25) is 4.79 Å². The minimum atomic E-state index is -0.311. The molecule has 7 nitrogen and oxygen atoms in total. The lowest BCUT2D eigenvalue weighted by Gasteiger charge is -2.09. The van der Waals surface area contributed by atoms with Crippen LogP contribution in [0.15, 0.2) is 48.7 Å². The highest BCUT2D eigenvalue weighted by atomic mass is 35.5. The van der Waals surface area contributed by atoms with E-state index in [4.69, 9.17) is 21.1 Å². The van der Waals surface area contributed by atoms with Crippen LogP contribution in [0.1, 0.15) is 21.6 Å². The summed E-state index contributed by atoms with van der Waals surface area (Å²) in [6.45, 7) is 0.793. The molecule has 0 aliphatic heterocycles. The molecule has 140 valence electrons. The molecule has 0 fully saturated rings. The largest absolute Gasteiger partial charge is 0.497 e. The van der Waals surface area contributed by atoms with Gasteiger partial charge in [-0.1, -0.05) is 28.9 Å². The molecule has 0 bridgehead atoms. The van der Waals surface area contributed by atoms with Gasteiger partial charge < -0.3 is 14.8 Å². The lowest BCUT2D eigenvalue weighted by molar-refractivity contribution is 0.0945. The van der Waals surface area contributed by atoms with Crippen molar-refractivity contribution in [3.8, 4) is 11.5 Å². The topological polar surface area (TPSA) is 78.3 Å². The van der Waals surface area contributed by atoms with Crippen molar-refractivity contribution in [1.82, 2.24) is 20.3 Å². The summed E-state index contributed by atoms with van der Waals surface area (Å²) in [5, 5.41) is 11.4. The zero-order valence-electron chi connectivity index (χ0n) is 15.0. The van der Waals surface area contributed by atoms with Gasteiger partial charge >= 0.3 is 0 Å². The summed E-state index contributed by atoms with van der Waals surface area (Å²) in [6, 6.07) is 12.9. The number of hydrogen-bond donors (Lipinski definition) is 1. The SMILES string of the molecule is COc1cc(CNC(=O)c2cn(Cc3cccc(Cl)c3)nn2)cc(OC)c1. The number of carbonyl (C=O) groups is 1. The number of ether oxygens (including phenoxy) is 2. The van der Waals surface area contributed by atoms with Crippen molar-refractivity contribution >= 4 is 17.5 Å². The summed E-state index contributed by atoms with van der Waals surface area (Å²) in [4.78, 5) is 12.3. The van der Waals surface area contributed by atoms with Gasteiger partial charge in [-0.25, -0.2) is 4.68 Å². The fourth-order valence-corrected chi connectivity index (χ4v) is 2.76. The predicted molar refractivity (Wildman–Crippen MR) is 101 cm³/mol. The quantitative estimate of drug-likeness (QED) is 0.675. The first-order chi connectivity index (χ1) is 13.1. The first-order valence-corrected chi connectivity index (χ1v) is 8.60. The predicted octanol–water partition coefficient (Wildman–Crippen LogP) is 2.93. The fraction of sp³-hybridized carbons (Fsp3) is 0.211. The number of benzene rings is 2. The summed E-state index contributed by atoms with van der Waals surface area (Å²) < 4.78 is 12.1. The summed E-state index contributed by atoms with van der Waals surface area (Å²) in [5.74, 6) is 1.01. The van der Waals surface area contributed by atoms with E-state index in [1.165, 1.54) is 0 Å². The third-order valence-corrected chi connectivity index (χ3v) is 4.10. The van der Waals surface area contributed by atoms with Gasteiger partial charge in [-0.05, 0) is 35.4 Å². The maximum absolute atomic E-state index is 12.3. The average Bonchev–Trinajstić information content (AvgIpc) is 3.14.